The van der Waals surface area contributed by atoms with Crippen LogP contribution in [0.3, 0.4) is 0 Å². The lowest BCUT2D eigenvalue weighted by atomic mass is 10.1. The maximum absolute atomic E-state index is 12.5. The van der Waals surface area contributed by atoms with Crippen molar-refractivity contribution >= 4 is 32.5 Å². The molecule has 2 aromatic rings. The molecular formula is C18H25ClN2O3S. The van der Waals surface area contributed by atoms with E-state index in [1.807, 2.05) is 0 Å². The van der Waals surface area contributed by atoms with Gasteiger partial charge in [-0.2, -0.15) is 0 Å². The van der Waals surface area contributed by atoms with E-state index in [9.17, 15) is 13.5 Å². The minimum Gasteiger partial charge on any atom is -0.504 e. The molecule has 1 aromatic carbocycles. The normalized spacial score (nSPS) is 12.0. The van der Waals surface area contributed by atoms with E-state index in [1.54, 1.807) is 19.1 Å². The first-order valence-electron chi connectivity index (χ1n) is 8.65. The molecule has 138 valence electrons. The van der Waals surface area contributed by atoms with Gasteiger partial charge in [-0.15, -0.1) is 0 Å². The number of benzene rings is 1. The number of aromatic hydroxyl groups is 1. The fraction of sp³-hybridized carbons (Fsp3) is 0.500. The Balaban J connectivity index is 2.12. The summed E-state index contributed by atoms with van der Waals surface area (Å²) in [7, 11) is -3.84. The molecule has 0 aliphatic carbocycles. The quantitative estimate of drug-likeness (QED) is 0.622. The lowest BCUT2D eigenvalue weighted by Crippen LogP contribution is -2.25. The SMILES string of the molecule is CCCCCCCCNS(=O)(=O)c1cc(Cl)c2ccc(C)nc2c1O. The van der Waals surface area contributed by atoms with E-state index < -0.39 is 10.0 Å². The highest BCUT2D eigenvalue weighted by Crippen LogP contribution is 2.35. The first-order valence-corrected chi connectivity index (χ1v) is 10.5. The van der Waals surface area contributed by atoms with E-state index >= 15 is 0 Å². The number of hydrogen-bond acceptors (Lipinski definition) is 4. The third-order valence-corrected chi connectivity index (χ3v) is 5.91. The monoisotopic (exact) mass is 384 g/mol. The molecule has 0 aliphatic heterocycles. The average Bonchev–Trinajstić information content (AvgIpc) is 2.57. The van der Waals surface area contributed by atoms with Crippen molar-refractivity contribution in [2.45, 2.75) is 57.3 Å². The average molecular weight is 385 g/mol. The summed E-state index contributed by atoms with van der Waals surface area (Å²) in [5.74, 6) is -0.362. The predicted molar refractivity (Wildman–Crippen MR) is 102 cm³/mol. The fourth-order valence-corrected chi connectivity index (χ4v) is 4.22. The van der Waals surface area contributed by atoms with Crippen molar-refractivity contribution in [2.24, 2.45) is 0 Å². The van der Waals surface area contributed by atoms with Crippen molar-refractivity contribution in [3.63, 3.8) is 0 Å². The van der Waals surface area contributed by atoms with Gasteiger partial charge in [-0.05, 0) is 31.5 Å². The number of nitrogens with one attached hydrogen (secondary N) is 1. The molecule has 2 rings (SSSR count). The summed E-state index contributed by atoms with van der Waals surface area (Å²) in [5.41, 5.74) is 0.876. The number of pyridine rings is 1. The van der Waals surface area contributed by atoms with Gasteiger partial charge in [0.2, 0.25) is 10.0 Å². The van der Waals surface area contributed by atoms with Crippen molar-refractivity contribution in [1.82, 2.24) is 9.71 Å². The maximum atomic E-state index is 12.5. The number of halogens is 1. The van der Waals surface area contributed by atoms with Crippen LogP contribution in [-0.2, 0) is 10.0 Å². The van der Waals surface area contributed by atoms with Crippen molar-refractivity contribution < 1.29 is 13.5 Å². The van der Waals surface area contributed by atoms with E-state index in [1.165, 1.54) is 25.3 Å². The molecule has 0 bridgehead atoms. The van der Waals surface area contributed by atoms with Crippen molar-refractivity contribution in [3.8, 4) is 5.75 Å². The van der Waals surface area contributed by atoms with E-state index in [0.717, 1.165) is 19.3 Å². The highest BCUT2D eigenvalue weighted by molar-refractivity contribution is 7.89. The molecule has 25 heavy (non-hydrogen) atoms. The van der Waals surface area contributed by atoms with Crippen LogP contribution in [0.25, 0.3) is 10.9 Å². The molecule has 0 unspecified atom stereocenters. The van der Waals surface area contributed by atoms with Crippen molar-refractivity contribution in [1.29, 1.82) is 0 Å². The van der Waals surface area contributed by atoms with Crippen LogP contribution in [0, 0.1) is 6.92 Å². The Morgan fingerprint density at radius 3 is 2.56 bits per heavy atom. The summed E-state index contributed by atoms with van der Waals surface area (Å²) in [6, 6.07) is 4.76. The van der Waals surface area contributed by atoms with Crippen LogP contribution < -0.4 is 4.72 Å². The minimum absolute atomic E-state index is 0.201. The van der Waals surface area contributed by atoms with E-state index in [0.29, 0.717) is 17.6 Å². The molecule has 0 amide bonds. The first-order chi connectivity index (χ1) is 11.9. The number of hydrogen-bond donors (Lipinski definition) is 2. The number of phenolic OH excluding ortho intramolecular Hbond substituents is 1. The molecule has 0 saturated carbocycles. The number of phenols is 1. The summed E-state index contributed by atoms with van der Waals surface area (Å²) < 4.78 is 27.6. The zero-order valence-electron chi connectivity index (χ0n) is 14.7. The Morgan fingerprint density at radius 2 is 1.84 bits per heavy atom. The summed E-state index contributed by atoms with van der Waals surface area (Å²) in [5, 5.41) is 11.2. The van der Waals surface area contributed by atoms with E-state index in [-0.39, 0.29) is 21.2 Å². The zero-order chi connectivity index (χ0) is 18.4. The van der Waals surface area contributed by atoms with Gasteiger partial charge in [0.15, 0.2) is 5.75 Å². The van der Waals surface area contributed by atoms with Crippen LogP contribution in [0.1, 0.15) is 51.1 Å². The molecule has 0 saturated heterocycles. The molecule has 0 atom stereocenters. The van der Waals surface area contributed by atoms with Gasteiger partial charge in [0.1, 0.15) is 10.4 Å². The molecule has 0 aliphatic rings. The largest absolute Gasteiger partial charge is 0.504 e. The molecule has 1 aromatic heterocycles. The van der Waals surface area contributed by atoms with Crippen LogP contribution in [-0.4, -0.2) is 25.1 Å². The predicted octanol–water partition coefficient (Wildman–Crippen LogP) is 4.54. The van der Waals surface area contributed by atoms with Gasteiger partial charge in [0, 0.05) is 17.6 Å². The number of aryl methyl sites for hydroxylation is 1. The van der Waals surface area contributed by atoms with Crippen LogP contribution >= 0.6 is 11.6 Å². The Morgan fingerprint density at radius 1 is 1.16 bits per heavy atom. The third-order valence-electron chi connectivity index (χ3n) is 4.12. The van der Waals surface area contributed by atoms with Gasteiger partial charge >= 0.3 is 0 Å². The van der Waals surface area contributed by atoms with Crippen molar-refractivity contribution in [2.75, 3.05) is 6.54 Å². The van der Waals surface area contributed by atoms with Crippen LogP contribution in [0.5, 0.6) is 5.75 Å². The van der Waals surface area contributed by atoms with Gasteiger partial charge in [-0.3, -0.25) is 0 Å². The molecule has 2 N–H and O–H groups in total. The molecule has 0 spiro atoms. The number of fused-ring (bicyclic) bond motifs is 1. The highest BCUT2D eigenvalue weighted by atomic mass is 35.5. The lowest BCUT2D eigenvalue weighted by molar-refractivity contribution is 0.463. The topological polar surface area (TPSA) is 79.3 Å². The van der Waals surface area contributed by atoms with E-state index in [4.69, 9.17) is 11.6 Å². The second-order valence-electron chi connectivity index (χ2n) is 6.22. The Kier molecular flexibility index (Phi) is 7.04. The lowest BCUT2D eigenvalue weighted by Gasteiger charge is -2.11. The first kappa shape index (κ1) is 19.9. The Bertz CT molecular complexity index is 838. The highest BCUT2D eigenvalue weighted by Gasteiger charge is 2.22. The number of rotatable bonds is 9. The van der Waals surface area contributed by atoms with Gasteiger partial charge in [0.25, 0.3) is 0 Å². The molecular weight excluding hydrogens is 360 g/mol. The summed E-state index contributed by atoms with van der Waals surface area (Å²) in [4.78, 5) is 3.99. The van der Waals surface area contributed by atoms with Crippen LogP contribution in [0.2, 0.25) is 5.02 Å². The van der Waals surface area contributed by atoms with Crippen molar-refractivity contribution in [3.05, 3.63) is 28.9 Å². The summed E-state index contributed by atoms with van der Waals surface area (Å²) in [6.45, 7) is 4.27. The molecule has 1 heterocycles. The molecule has 7 heteroatoms. The fourth-order valence-electron chi connectivity index (χ4n) is 2.70. The maximum Gasteiger partial charge on any atom is 0.244 e. The Hall–Kier alpha value is -1.37. The number of sulfonamides is 1. The second-order valence-corrected chi connectivity index (χ2v) is 8.36. The number of unbranched alkanes of at least 4 members (excludes halogenated alkanes) is 5. The zero-order valence-corrected chi connectivity index (χ0v) is 16.3. The third kappa shape index (κ3) is 5.06. The molecule has 0 radical (unpaired) electrons. The Labute approximate surface area is 154 Å². The molecule has 5 nitrogen and oxygen atoms in total. The smallest absolute Gasteiger partial charge is 0.244 e. The van der Waals surface area contributed by atoms with Gasteiger partial charge < -0.3 is 5.11 Å². The summed E-state index contributed by atoms with van der Waals surface area (Å²) in [6.07, 6.45) is 6.42. The number of aromatic nitrogens is 1. The number of nitrogens with zero attached hydrogens (tertiary/aromatic N) is 1. The standard InChI is InChI=1S/C18H25ClN2O3S/c1-3-4-5-6-7-8-11-20-25(23,24)16-12-15(19)14-10-9-13(2)21-17(14)18(16)22/h9-10,12,20,22H,3-8,11H2,1-2H3. The van der Waals surface area contributed by atoms with E-state index in [2.05, 4.69) is 16.6 Å². The van der Waals surface area contributed by atoms with Gasteiger partial charge in [-0.1, -0.05) is 50.6 Å². The van der Waals surface area contributed by atoms with Crippen LogP contribution in [0.4, 0.5) is 0 Å². The van der Waals surface area contributed by atoms with Gasteiger partial charge in [-0.25, -0.2) is 18.1 Å². The second kappa shape index (κ2) is 8.83. The van der Waals surface area contributed by atoms with Gasteiger partial charge in [0.05, 0.1) is 5.02 Å². The molecule has 0 fully saturated rings. The van der Waals surface area contributed by atoms with Crippen LogP contribution in [0.15, 0.2) is 23.1 Å². The summed E-state index contributed by atoms with van der Waals surface area (Å²) >= 11 is 6.18. The minimum atomic E-state index is -3.84.